The lowest BCUT2D eigenvalue weighted by Crippen LogP contribution is -2.08. The van der Waals surface area contributed by atoms with Crippen LogP contribution in [0.15, 0.2) is 28.9 Å². The van der Waals surface area contributed by atoms with E-state index in [0.717, 1.165) is 4.47 Å². The standard InChI is InChI=1S/C11H12BrN3O2/c1-15-9(6-13-14-15)11(16)8-4-3-7(12)5-10(8)17-2/h3-6,11,16H,1-2H3. The van der Waals surface area contributed by atoms with Crippen LogP contribution in [0.1, 0.15) is 17.4 Å². The quantitative estimate of drug-likeness (QED) is 0.936. The number of rotatable bonds is 3. The second-order valence-electron chi connectivity index (χ2n) is 3.57. The largest absolute Gasteiger partial charge is 0.496 e. The average Bonchev–Trinajstić information content (AvgIpc) is 2.74. The van der Waals surface area contributed by atoms with Gasteiger partial charge in [-0.3, -0.25) is 0 Å². The van der Waals surface area contributed by atoms with Crippen LogP contribution in [0.2, 0.25) is 0 Å². The van der Waals surface area contributed by atoms with Crippen LogP contribution in [0.4, 0.5) is 0 Å². The summed E-state index contributed by atoms with van der Waals surface area (Å²) in [5, 5.41) is 17.8. The molecule has 1 unspecified atom stereocenters. The summed E-state index contributed by atoms with van der Waals surface area (Å²) in [7, 11) is 3.30. The van der Waals surface area contributed by atoms with Gasteiger partial charge in [0, 0.05) is 17.1 Å². The summed E-state index contributed by atoms with van der Waals surface area (Å²) in [4.78, 5) is 0. The molecule has 1 N–H and O–H groups in total. The molecule has 2 aromatic rings. The van der Waals surface area contributed by atoms with Crippen LogP contribution in [0.3, 0.4) is 0 Å². The van der Waals surface area contributed by atoms with Crippen LogP contribution in [0.25, 0.3) is 0 Å². The SMILES string of the molecule is COc1cc(Br)ccc1C(O)c1cnnn1C. The molecule has 1 heterocycles. The topological polar surface area (TPSA) is 60.2 Å². The molecule has 0 aliphatic heterocycles. The van der Waals surface area contributed by atoms with E-state index >= 15 is 0 Å². The molecule has 1 aromatic heterocycles. The predicted molar refractivity (Wildman–Crippen MR) is 65.8 cm³/mol. The van der Waals surface area contributed by atoms with E-state index in [1.54, 1.807) is 20.2 Å². The Hall–Kier alpha value is -1.40. The maximum absolute atomic E-state index is 10.3. The number of aliphatic hydroxyl groups is 1. The highest BCUT2D eigenvalue weighted by atomic mass is 79.9. The maximum Gasteiger partial charge on any atom is 0.126 e. The van der Waals surface area contributed by atoms with Gasteiger partial charge < -0.3 is 9.84 Å². The van der Waals surface area contributed by atoms with Crippen LogP contribution in [0, 0.1) is 0 Å². The molecular formula is C11H12BrN3O2. The number of hydrogen-bond acceptors (Lipinski definition) is 4. The van der Waals surface area contributed by atoms with Gasteiger partial charge >= 0.3 is 0 Å². The van der Waals surface area contributed by atoms with Crippen LogP contribution < -0.4 is 4.74 Å². The summed E-state index contributed by atoms with van der Waals surface area (Å²) < 4.78 is 7.68. The van der Waals surface area contributed by atoms with Gasteiger partial charge in [-0.1, -0.05) is 27.2 Å². The Morgan fingerprint density at radius 1 is 1.47 bits per heavy atom. The molecule has 0 saturated heterocycles. The number of aliphatic hydroxyl groups excluding tert-OH is 1. The predicted octanol–water partition coefficient (Wildman–Crippen LogP) is 1.67. The molecule has 0 aliphatic carbocycles. The van der Waals surface area contributed by atoms with Crippen molar-refractivity contribution in [1.29, 1.82) is 0 Å². The molecule has 0 spiro atoms. The molecular weight excluding hydrogens is 286 g/mol. The summed E-state index contributed by atoms with van der Waals surface area (Å²) in [5.74, 6) is 0.619. The minimum atomic E-state index is -0.807. The molecule has 0 saturated carbocycles. The van der Waals surface area contributed by atoms with Gasteiger partial charge in [-0.05, 0) is 12.1 Å². The van der Waals surface area contributed by atoms with E-state index in [4.69, 9.17) is 4.74 Å². The van der Waals surface area contributed by atoms with Gasteiger partial charge in [-0.2, -0.15) is 0 Å². The van der Waals surface area contributed by atoms with Gasteiger partial charge in [0.15, 0.2) is 0 Å². The highest BCUT2D eigenvalue weighted by Gasteiger charge is 2.18. The smallest absolute Gasteiger partial charge is 0.126 e. The Morgan fingerprint density at radius 2 is 2.24 bits per heavy atom. The van der Waals surface area contributed by atoms with E-state index < -0.39 is 6.10 Å². The Balaban J connectivity index is 2.44. The number of hydrogen-bond donors (Lipinski definition) is 1. The third-order valence-electron chi connectivity index (χ3n) is 2.52. The fourth-order valence-electron chi connectivity index (χ4n) is 1.62. The minimum Gasteiger partial charge on any atom is -0.496 e. The third kappa shape index (κ3) is 2.32. The Kier molecular flexibility index (Phi) is 3.44. The van der Waals surface area contributed by atoms with Crippen molar-refractivity contribution in [1.82, 2.24) is 15.0 Å². The van der Waals surface area contributed by atoms with Gasteiger partial charge in [-0.25, -0.2) is 4.68 Å². The summed E-state index contributed by atoms with van der Waals surface area (Å²) in [6.45, 7) is 0. The molecule has 1 aromatic carbocycles. The summed E-state index contributed by atoms with van der Waals surface area (Å²) >= 11 is 3.36. The van der Waals surface area contributed by atoms with Gasteiger partial charge in [0.2, 0.25) is 0 Å². The lowest BCUT2D eigenvalue weighted by molar-refractivity contribution is 0.204. The van der Waals surface area contributed by atoms with E-state index in [0.29, 0.717) is 17.0 Å². The monoisotopic (exact) mass is 297 g/mol. The van der Waals surface area contributed by atoms with Crippen molar-refractivity contribution in [2.45, 2.75) is 6.10 Å². The van der Waals surface area contributed by atoms with E-state index in [-0.39, 0.29) is 0 Å². The van der Waals surface area contributed by atoms with E-state index in [9.17, 15) is 5.11 Å². The highest BCUT2D eigenvalue weighted by Crippen LogP contribution is 2.31. The number of methoxy groups -OCH3 is 1. The first kappa shape index (κ1) is 12.1. The zero-order valence-electron chi connectivity index (χ0n) is 9.46. The Morgan fingerprint density at radius 3 is 2.82 bits per heavy atom. The number of halogens is 1. The Bertz CT molecular complexity index is 527. The molecule has 5 nitrogen and oxygen atoms in total. The summed E-state index contributed by atoms with van der Waals surface area (Å²) in [5.41, 5.74) is 1.30. The molecule has 0 radical (unpaired) electrons. The average molecular weight is 298 g/mol. The fraction of sp³-hybridized carbons (Fsp3) is 0.273. The third-order valence-corrected chi connectivity index (χ3v) is 3.01. The molecule has 17 heavy (non-hydrogen) atoms. The first-order chi connectivity index (χ1) is 8.13. The summed E-state index contributed by atoms with van der Waals surface area (Å²) in [6.07, 6.45) is 0.727. The number of ether oxygens (including phenoxy) is 1. The maximum atomic E-state index is 10.3. The summed E-state index contributed by atoms with van der Waals surface area (Å²) in [6, 6.07) is 5.47. The Labute approximate surface area is 107 Å². The van der Waals surface area contributed by atoms with Crippen molar-refractivity contribution in [2.75, 3.05) is 7.11 Å². The van der Waals surface area contributed by atoms with Gasteiger partial charge in [0.25, 0.3) is 0 Å². The second kappa shape index (κ2) is 4.85. The molecule has 1 atom stereocenters. The first-order valence-electron chi connectivity index (χ1n) is 4.99. The van der Waals surface area contributed by atoms with Crippen LogP contribution in [-0.2, 0) is 7.05 Å². The van der Waals surface area contributed by atoms with E-state index in [1.807, 2.05) is 12.1 Å². The molecule has 0 bridgehead atoms. The van der Waals surface area contributed by atoms with Crippen molar-refractivity contribution < 1.29 is 9.84 Å². The number of nitrogens with zero attached hydrogens (tertiary/aromatic N) is 3. The minimum absolute atomic E-state index is 0.616. The fourth-order valence-corrected chi connectivity index (χ4v) is 1.96. The van der Waals surface area contributed by atoms with Crippen LogP contribution in [0.5, 0.6) is 5.75 Å². The van der Waals surface area contributed by atoms with Gasteiger partial charge in [0.1, 0.15) is 11.9 Å². The molecule has 2 rings (SSSR count). The van der Waals surface area contributed by atoms with E-state index in [2.05, 4.69) is 26.2 Å². The zero-order chi connectivity index (χ0) is 12.4. The first-order valence-corrected chi connectivity index (χ1v) is 5.79. The second-order valence-corrected chi connectivity index (χ2v) is 4.49. The van der Waals surface area contributed by atoms with Gasteiger partial charge in [-0.15, -0.1) is 5.10 Å². The number of benzene rings is 1. The van der Waals surface area contributed by atoms with Crippen LogP contribution in [-0.4, -0.2) is 27.2 Å². The zero-order valence-corrected chi connectivity index (χ0v) is 11.0. The normalized spacial score (nSPS) is 12.5. The van der Waals surface area contributed by atoms with Gasteiger partial charge in [0.05, 0.1) is 19.0 Å². The van der Waals surface area contributed by atoms with Crippen molar-refractivity contribution in [3.8, 4) is 5.75 Å². The highest BCUT2D eigenvalue weighted by molar-refractivity contribution is 9.10. The molecule has 0 fully saturated rings. The lowest BCUT2D eigenvalue weighted by Gasteiger charge is -2.14. The molecule has 6 heteroatoms. The number of aromatic nitrogens is 3. The lowest BCUT2D eigenvalue weighted by atomic mass is 10.1. The number of aryl methyl sites for hydroxylation is 1. The molecule has 0 aliphatic rings. The van der Waals surface area contributed by atoms with Crippen molar-refractivity contribution in [3.63, 3.8) is 0 Å². The molecule has 0 amide bonds. The van der Waals surface area contributed by atoms with Crippen LogP contribution >= 0.6 is 15.9 Å². The van der Waals surface area contributed by atoms with Crippen molar-refractivity contribution in [2.24, 2.45) is 7.05 Å². The van der Waals surface area contributed by atoms with Crippen molar-refractivity contribution in [3.05, 3.63) is 40.1 Å². The van der Waals surface area contributed by atoms with Crippen molar-refractivity contribution >= 4 is 15.9 Å². The molecule has 90 valence electrons. The van der Waals surface area contributed by atoms with E-state index in [1.165, 1.54) is 10.9 Å².